The fourth-order valence-electron chi connectivity index (χ4n) is 1.55. The summed E-state index contributed by atoms with van der Waals surface area (Å²) in [5.74, 6) is -0.843. The van der Waals surface area contributed by atoms with E-state index in [1.165, 1.54) is 18.5 Å². The minimum Gasteiger partial charge on any atom is -0.366 e. The van der Waals surface area contributed by atoms with Gasteiger partial charge in [0.25, 0.3) is 0 Å². The van der Waals surface area contributed by atoms with Gasteiger partial charge < -0.3 is 5.73 Å². The maximum Gasteiger partial charge on any atom is 0.249 e. The van der Waals surface area contributed by atoms with Crippen LogP contribution in [0.5, 0.6) is 0 Å². The van der Waals surface area contributed by atoms with E-state index in [0.29, 0.717) is 11.1 Å². The van der Waals surface area contributed by atoms with E-state index in [1.807, 2.05) is 0 Å². The van der Waals surface area contributed by atoms with E-state index in [1.54, 1.807) is 30.3 Å². The van der Waals surface area contributed by atoms with E-state index in [2.05, 4.69) is 4.98 Å². The van der Waals surface area contributed by atoms with E-state index >= 15 is 0 Å². The SMILES string of the molecule is NC(=O)c1ccccc1C(=O)c1ccncc1. The number of primary amides is 1. The molecular weight excluding hydrogens is 216 g/mol. The Labute approximate surface area is 98.1 Å². The molecule has 84 valence electrons. The predicted molar refractivity (Wildman–Crippen MR) is 62.6 cm³/mol. The lowest BCUT2D eigenvalue weighted by molar-refractivity contribution is 0.0981. The van der Waals surface area contributed by atoms with Gasteiger partial charge in [-0.05, 0) is 18.2 Å². The highest BCUT2D eigenvalue weighted by atomic mass is 16.1. The minimum absolute atomic E-state index is 0.231. The Balaban J connectivity index is 2.48. The average molecular weight is 226 g/mol. The van der Waals surface area contributed by atoms with Crippen molar-refractivity contribution in [3.8, 4) is 0 Å². The number of pyridine rings is 1. The van der Waals surface area contributed by atoms with Gasteiger partial charge in [0.15, 0.2) is 5.78 Å². The van der Waals surface area contributed by atoms with E-state index in [4.69, 9.17) is 5.73 Å². The van der Waals surface area contributed by atoms with Gasteiger partial charge in [0, 0.05) is 23.5 Å². The van der Waals surface area contributed by atoms with Crippen LogP contribution in [0.4, 0.5) is 0 Å². The van der Waals surface area contributed by atoms with Crippen molar-refractivity contribution in [2.75, 3.05) is 0 Å². The highest BCUT2D eigenvalue weighted by Gasteiger charge is 2.15. The third-order valence-electron chi connectivity index (χ3n) is 2.38. The zero-order valence-electron chi connectivity index (χ0n) is 8.96. The molecule has 4 nitrogen and oxygen atoms in total. The molecule has 1 heterocycles. The number of nitrogens with zero attached hydrogens (tertiary/aromatic N) is 1. The van der Waals surface area contributed by atoms with Gasteiger partial charge in [-0.3, -0.25) is 14.6 Å². The molecule has 0 fully saturated rings. The highest BCUT2D eigenvalue weighted by Crippen LogP contribution is 2.13. The van der Waals surface area contributed by atoms with Crippen molar-refractivity contribution in [3.63, 3.8) is 0 Å². The number of benzene rings is 1. The molecule has 0 aliphatic rings. The maximum absolute atomic E-state index is 12.1. The zero-order valence-corrected chi connectivity index (χ0v) is 8.96. The fourth-order valence-corrected chi connectivity index (χ4v) is 1.55. The number of nitrogens with two attached hydrogens (primary N) is 1. The minimum atomic E-state index is -0.608. The van der Waals surface area contributed by atoms with Gasteiger partial charge in [-0.1, -0.05) is 18.2 Å². The number of hydrogen-bond acceptors (Lipinski definition) is 3. The number of amides is 1. The Kier molecular flexibility index (Phi) is 2.96. The number of aromatic nitrogens is 1. The monoisotopic (exact) mass is 226 g/mol. The summed E-state index contributed by atoms with van der Waals surface area (Å²) in [6, 6.07) is 9.68. The Morgan fingerprint density at radius 3 is 2.12 bits per heavy atom. The van der Waals surface area contributed by atoms with Gasteiger partial charge in [0.2, 0.25) is 5.91 Å². The molecule has 0 saturated heterocycles. The first-order valence-corrected chi connectivity index (χ1v) is 5.03. The molecule has 1 aromatic heterocycles. The lowest BCUT2D eigenvalue weighted by Crippen LogP contribution is -2.16. The molecule has 2 rings (SSSR count). The molecule has 1 aromatic carbocycles. The smallest absolute Gasteiger partial charge is 0.249 e. The molecule has 0 saturated carbocycles. The Hall–Kier alpha value is -2.49. The molecule has 0 spiro atoms. The molecule has 4 heteroatoms. The van der Waals surface area contributed by atoms with Crippen LogP contribution in [0.25, 0.3) is 0 Å². The van der Waals surface area contributed by atoms with E-state index in [0.717, 1.165) is 0 Å². The Bertz CT molecular complexity index is 565. The number of rotatable bonds is 3. The molecule has 0 radical (unpaired) electrons. The summed E-state index contributed by atoms with van der Waals surface area (Å²) in [6.45, 7) is 0. The van der Waals surface area contributed by atoms with Gasteiger partial charge >= 0.3 is 0 Å². The topological polar surface area (TPSA) is 73.1 Å². The summed E-state index contributed by atoms with van der Waals surface area (Å²) in [4.78, 5) is 27.2. The highest BCUT2D eigenvalue weighted by molar-refractivity contribution is 6.14. The molecule has 2 N–H and O–H groups in total. The lowest BCUT2D eigenvalue weighted by atomic mass is 9.99. The summed E-state index contributed by atoms with van der Waals surface area (Å²) in [5.41, 5.74) is 6.25. The van der Waals surface area contributed by atoms with Crippen molar-refractivity contribution < 1.29 is 9.59 Å². The predicted octanol–water partition coefficient (Wildman–Crippen LogP) is 1.41. The largest absolute Gasteiger partial charge is 0.366 e. The Morgan fingerprint density at radius 1 is 0.941 bits per heavy atom. The van der Waals surface area contributed by atoms with Crippen LogP contribution < -0.4 is 5.73 Å². The average Bonchev–Trinajstić information content (AvgIpc) is 2.39. The summed E-state index contributed by atoms with van der Waals surface area (Å²) >= 11 is 0. The van der Waals surface area contributed by atoms with Gasteiger partial charge in [-0.15, -0.1) is 0 Å². The fraction of sp³-hybridized carbons (Fsp3) is 0. The van der Waals surface area contributed by atoms with Crippen molar-refractivity contribution in [2.45, 2.75) is 0 Å². The summed E-state index contributed by atoms with van der Waals surface area (Å²) < 4.78 is 0. The molecular formula is C13H10N2O2. The van der Waals surface area contributed by atoms with Crippen molar-refractivity contribution in [1.82, 2.24) is 4.98 Å². The van der Waals surface area contributed by atoms with Crippen molar-refractivity contribution in [1.29, 1.82) is 0 Å². The van der Waals surface area contributed by atoms with Crippen molar-refractivity contribution >= 4 is 11.7 Å². The van der Waals surface area contributed by atoms with Crippen LogP contribution in [0.15, 0.2) is 48.8 Å². The molecule has 0 bridgehead atoms. The quantitative estimate of drug-likeness (QED) is 0.804. The lowest BCUT2D eigenvalue weighted by Gasteiger charge is -2.05. The van der Waals surface area contributed by atoms with Crippen LogP contribution in [0.2, 0.25) is 0 Å². The first kappa shape index (κ1) is 11.0. The van der Waals surface area contributed by atoms with Crippen LogP contribution in [-0.4, -0.2) is 16.7 Å². The summed E-state index contributed by atoms with van der Waals surface area (Å²) in [5, 5.41) is 0. The van der Waals surface area contributed by atoms with Crippen LogP contribution >= 0.6 is 0 Å². The second kappa shape index (κ2) is 4.57. The van der Waals surface area contributed by atoms with Crippen LogP contribution in [0, 0.1) is 0 Å². The molecule has 0 unspecified atom stereocenters. The summed E-state index contributed by atoms with van der Waals surface area (Å²) in [6.07, 6.45) is 3.06. The molecule has 0 aliphatic carbocycles. The maximum atomic E-state index is 12.1. The van der Waals surface area contributed by atoms with Crippen molar-refractivity contribution in [3.05, 3.63) is 65.5 Å². The normalized spacial score (nSPS) is 9.88. The number of ketones is 1. The standard InChI is InChI=1S/C13H10N2O2/c14-13(17)11-4-2-1-3-10(11)12(16)9-5-7-15-8-6-9/h1-8H,(H2,14,17). The molecule has 0 atom stereocenters. The molecule has 1 amide bonds. The Morgan fingerprint density at radius 2 is 1.53 bits per heavy atom. The number of carbonyl (C=O) groups is 2. The van der Waals surface area contributed by atoms with E-state index in [9.17, 15) is 9.59 Å². The van der Waals surface area contributed by atoms with E-state index in [-0.39, 0.29) is 11.3 Å². The number of carbonyl (C=O) groups excluding carboxylic acids is 2. The van der Waals surface area contributed by atoms with Crippen molar-refractivity contribution in [2.24, 2.45) is 5.73 Å². The van der Waals surface area contributed by atoms with Gasteiger partial charge in [-0.2, -0.15) is 0 Å². The van der Waals surface area contributed by atoms with E-state index < -0.39 is 5.91 Å². The zero-order chi connectivity index (χ0) is 12.3. The summed E-state index contributed by atoms with van der Waals surface area (Å²) in [7, 11) is 0. The molecule has 2 aromatic rings. The number of hydrogen-bond donors (Lipinski definition) is 1. The molecule has 17 heavy (non-hydrogen) atoms. The molecule has 0 aliphatic heterocycles. The second-order valence-electron chi connectivity index (χ2n) is 3.47. The second-order valence-corrected chi connectivity index (χ2v) is 3.47. The van der Waals surface area contributed by atoms with Gasteiger partial charge in [-0.25, -0.2) is 0 Å². The first-order valence-electron chi connectivity index (χ1n) is 5.03. The third-order valence-corrected chi connectivity index (χ3v) is 2.38. The van der Waals surface area contributed by atoms with Crippen LogP contribution in [0.1, 0.15) is 26.3 Å². The van der Waals surface area contributed by atoms with Gasteiger partial charge in [0.05, 0.1) is 5.56 Å². The third kappa shape index (κ3) is 2.20. The first-order chi connectivity index (χ1) is 8.20. The van der Waals surface area contributed by atoms with Gasteiger partial charge in [0.1, 0.15) is 0 Å². The van der Waals surface area contributed by atoms with Crippen LogP contribution in [0.3, 0.4) is 0 Å². The van der Waals surface area contributed by atoms with Crippen LogP contribution in [-0.2, 0) is 0 Å².